The maximum absolute atomic E-state index is 12.5. The number of nitrogens with zero attached hydrogens (tertiary/aromatic N) is 4. The number of hydrogen-bond acceptors (Lipinski definition) is 5. The van der Waals surface area contributed by atoms with E-state index in [2.05, 4.69) is 10.3 Å². The minimum atomic E-state index is -0.854. The smallest absolute Gasteiger partial charge is 0.317 e. The van der Waals surface area contributed by atoms with Gasteiger partial charge >= 0.3 is 12.0 Å². The maximum atomic E-state index is 12.5. The Balaban J connectivity index is 1.45. The lowest BCUT2D eigenvalue weighted by Crippen LogP contribution is -2.54. The van der Waals surface area contributed by atoms with E-state index in [1.165, 1.54) is 0 Å². The van der Waals surface area contributed by atoms with Crippen molar-refractivity contribution in [1.82, 2.24) is 25.0 Å². The van der Waals surface area contributed by atoms with Gasteiger partial charge in [0.1, 0.15) is 0 Å². The SMILES string of the molecule is Cc1ccc(C(=O)N2CCC(NC(=O)N3CCN(CC(=O)O)CC3)C2)cn1. The van der Waals surface area contributed by atoms with Crippen LogP contribution in [-0.2, 0) is 4.79 Å². The molecule has 3 heterocycles. The van der Waals surface area contributed by atoms with E-state index in [1.807, 2.05) is 17.9 Å². The summed E-state index contributed by atoms with van der Waals surface area (Å²) >= 11 is 0. The van der Waals surface area contributed by atoms with Gasteiger partial charge < -0.3 is 20.2 Å². The number of nitrogens with one attached hydrogen (secondary N) is 1. The van der Waals surface area contributed by atoms with Gasteiger partial charge in [0.25, 0.3) is 5.91 Å². The van der Waals surface area contributed by atoms with Crippen LogP contribution in [0.25, 0.3) is 0 Å². The molecule has 3 rings (SSSR count). The molecule has 1 aromatic rings. The van der Waals surface area contributed by atoms with E-state index in [1.54, 1.807) is 22.1 Å². The summed E-state index contributed by atoms with van der Waals surface area (Å²) in [6, 6.07) is 3.36. The van der Waals surface area contributed by atoms with Crippen LogP contribution >= 0.6 is 0 Å². The van der Waals surface area contributed by atoms with Gasteiger partial charge in [-0.1, -0.05) is 0 Å². The summed E-state index contributed by atoms with van der Waals surface area (Å²) in [6.07, 6.45) is 2.30. The van der Waals surface area contributed by atoms with Crippen molar-refractivity contribution in [2.24, 2.45) is 0 Å². The van der Waals surface area contributed by atoms with Crippen molar-refractivity contribution < 1.29 is 19.5 Å². The highest BCUT2D eigenvalue weighted by Gasteiger charge is 2.30. The molecule has 0 spiro atoms. The molecule has 27 heavy (non-hydrogen) atoms. The van der Waals surface area contributed by atoms with Crippen LogP contribution in [0.5, 0.6) is 0 Å². The van der Waals surface area contributed by atoms with Crippen molar-refractivity contribution >= 4 is 17.9 Å². The predicted molar refractivity (Wildman–Crippen MR) is 97.5 cm³/mol. The molecule has 146 valence electrons. The fourth-order valence-corrected chi connectivity index (χ4v) is 3.41. The molecular formula is C18H25N5O4. The summed E-state index contributed by atoms with van der Waals surface area (Å²) in [4.78, 5) is 45.1. The van der Waals surface area contributed by atoms with Crippen LogP contribution in [0.4, 0.5) is 4.79 Å². The summed E-state index contributed by atoms with van der Waals surface area (Å²) < 4.78 is 0. The Hall–Kier alpha value is -2.68. The largest absolute Gasteiger partial charge is 0.480 e. The average molecular weight is 375 g/mol. The van der Waals surface area contributed by atoms with Crippen molar-refractivity contribution in [1.29, 1.82) is 0 Å². The number of aliphatic carboxylic acids is 1. The van der Waals surface area contributed by atoms with Gasteiger partial charge in [-0.05, 0) is 25.5 Å². The van der Waals surface area contributed by atoms with Gasteiger partial charge in [-0.2, -0.15) is 0 Å². The first kappa shape index (κ1) is 19.1. The molecular weight excluding hydrogens is 350 g/mol. The van der Waals surface area contributed by atoms with E-state index in [9.17, 15) is 14.4 Å². The number of rotatable bonds is 4. The van der Waals surface area contributed by atoms with Gasteiger partial charge in [0, 0.05) is 57.2 Å². The fourth-order valence-electron chi connectivity index (χ4n) is 3.41. The number of carbonyl (C=O) groups is 3. The summed E-state index contributed by atoms with van der Waals surface area (Å²) in [6.45, 7) is 5.07. The highest BCUT2D eigenvalue weighted by Crippen LogP contribution is 2.14. The zero-order chi connectivity index (χ0) is 19.4. The van der Waals surface area contributed by atoms with E-state index in [-0.39, 0.29) is 24.5 Å². The highest BCUT2D eigenvalue weighted by atomic mass is 16.4. The number of aryl methyl sites for hydroxylation is 1. The normalized spacial score (nSPS) is 20.6. The second-order valence-electron chi connectivity index (χ2n) is 7.03. The zero-order valence-electron chi connectivity index (χ0n) is 15.4. The average Bonchev–Trinajstić information content (AvgIpc) is 3.10. The number of carboxylic acids is 1. The minimum Gasteiger partial charge on any atom is -0.480 e. The van der Waals surface area contributed by atoms with Gasteiger partial charge in [-0.15, -0.1) is 0 Å². The second-order valence-corrected chi connectivity index (χ2v) is 7.03. The van der Waals surface area contributed by atoms with Crippen LogP contribution in [0.3, 0.4) is 0 Å². The lowest BCUT2D eigenvalue weighted by Gasteiger charge is -2.34. The summed E-state index contributed by atoms with van der Waals surface area (Å²) in [5.74, 6) is -0.922. The summed E-state index contributed by atoms with van der Waals surface area (Å²) in [7, 11) is 0. The molecule has 2 fully saturated rings. The molecule has 0 bridgehead atoms. The Bertz CT molecular complexity index is 700. The number of pyridine rings is 1. The quantitative estimate of drug-likeness (QED) is 0.768. The van der Waals surface area contributed by atoms with Crippen molar-refractivity contribution in [2.75, 3.05) is 45.8 Å². The fraction of sp³-hybridized carbons (Fsp3) is 0.556. The van der Waals surface area contributed by atoms with Crippen LogP contribution in [0, 0.1) is 6.92 Å². The van der Waals surface area contributed by atoms with Crippen molar-refractivity contribution in [3.63, 3.8) is 0 Å². The van der Waals surface area contributed by atoms with Gasteiger partial charge in [-0.25, -0.2) is 4.79 Å². The molecule has 0 saturated carbocycles. The Labute approximate surface area is 157 Å². The Morgan fingerprint density at radius 3 is 2.52 bits per heavy atom. The number of hydrogen-bond donors (Lipinski definition) is 2. The first-order valence-corrected chi connectivity index (χ1v) is 9.14. The van der Waals surface area contributed by atoms with E-state index in [4.69, 9.17) is 5.11 Å². The van der Waals surface area contributed by atoms with E-state index >= 15 is 0 Å². The molecule has 2 aliphatic heterocycles. The van der Waals surface area contributed by atoms with Crippen LogP contribution in [0.1, 0.15) is 22.5 Å². The molecule has 0 aromatic carbocycles. The first-order chi connectivity index (χ1) is 12.9. The number of carboxylic acid groups (broad SMARTS) is 1. The van der Waals surface area contributed by atoms with E-state index < -0.39 is 5.97 Å². The molecule has 2 N–H and O–H groups in total. The molecule has 2 saturated heterocycles. The van der Waals surface area contributed by atoms with Gasteiger partial charge in [0.05, 0.1) is 12.1 Å². The molecule has 1 aromatic heterocycles. The number of aromatic nitrogens is 1. The predicted octanol–water partition coefficient (Wildman–Crippen LogP) is 0.0163. The molecule has 0 aliphatic carbocycles. The van der Waals surface area contributed by atoms with E-state index in [0.717, 1.165) is 12.1 Å². The summed E-state index contributed by atoms with van der Waals surface area (Å²) in [5.41, 5.74) is 1.42. The molecule has 2 aliphatic rings. The van der Waals surface area contributed by atoms with Crippen LogP contribution < -0.4 is 5.32 Å². The lowest BCUT2D eigenvalue weighted by molar-refractivity contribution is -0.138. The Morgan fingerprint density at radius 1 is 1.15 bits per heavy atom. The number of likely N-dealkylation sites (tertiary alicyclic amines) is 1. The van der Waals surface area contributed by atoms with Gasteiger partial charge in [0.2, 0.25) is 0 Å². The molecule has 9 nitrogen and oxygen atoms in total. The molecule has 1 atom stereocenters. The summed E-state index contributed by atoms with van der Waals surface area (Å²) in [5, 5.41) is 11.8. The Morgan fingerprint density at radius 2 is 1.89 bits per heavy atom. The third-order valence-electron chi connectivity index (χ3n) is 4.98. The first-order valence-electron chi connectivity index (χ1n) is 9.14. The molecule has 3 amide bonds. The second kappa shape index (κ2) is 8.34. The van der Waals surface area contributed by atoms with Crippen LogP contribution in [-0.4, -0.2) is 94.6 Å². The van der Waals surface area contributed by atoms with E-state index in [0.29, 0.717) is 44.8 Å². The van der Waals surface area contributed by atoms with Crippen LogP contribution in [0.15, 0.2) is 18.3 Å². The van der Waals surface area contributed by atoms with Gasteiger partial charge in [-0.3, -0.25) is 19.5 Å². The molecule has 0 radical (unpaired) electrons. The standard InChI is InChI=1S/C18H25N5O4/c1-13-2-3-14(10-19-13)17(26)23-5-4-15(11-23)20-18(27)22-8-6-21(7-9-22)12-16(24)25/h2-3,10,15H,4-9,11-12H2,1H3,(H,20,27)(H,24,25). The number of urea groups is 1. The number of amides is 3. The third-order valence-corrected chi connectivity index (χ3v) is 4.98. The van der Waals surface area contributed by atoms with Crippen molar-refractivity contribution in [2.45, 2.75) is 19.4 Å². The monoisotopic (exact) mass is 375 g/mol. The minimum absolute atomic E-state index is 0.00300. The Kier molecular flexibility index (Phi) is 5.90. The lowest BCUT2D eigenvalue weighted by atomic mass is 10.2. The molecule has 9 heteroatoms. The number of piperazine rings is 1. The third kappa shape index (κ3) is 4.94. The maximum Gasteiger partial charge on any atom is 0.317 e. The van der Waals surface area contributed by atoms with Crippen molar-refractivity contribution in [3.05, 3.63) is 29.6 Å². The molecule has 1 unspecified atom stereocenters. The van der Waals surface area contributed by atoms with Crippen LogP contribution in [0.2, 0.25) is 0 Å². The topological polar surface area (TPSA) is 106 Å². The van der Waals surface area contributed by atoms with Crippen molar-refractivity contribution in [3.8, 4) is 0 Å². The number of carbonyl (C=O) groups excluding carboxylic acids is 2. The zero-order valence-corrected chi connectivity index (χ0v) is 15.4. The highest BCUT2D eigenvalue weighted by molar-refractivity contribution is 5.94. The van der Waals surface area contributed by atoms with Gasteiger partial charge in [0.15, 0.2) is 0 Å².